The van der Waals surface area contributed by atoms with Crippen molar-refractivity contribution in [2.75, 3.05) is 11.9 Å². The maximum Gasteiger partial charge on any atom is 0.230 e. The molecule has 2 nitrogen and oxygen atoms in total. The summed E-state index contributed by atoms with van der Waals surface area (Å²) in [6, 6.07) is 10.2. The van der Waals surface area contributed by atoms with Gasteiger partial charge >= 0.3 is 0 Å². The minimum Gasteiger partial charge on any atom is -0.355 e. The lowest BCUT2D eigenvalue weighted by atomic mass is 9.95. The van der Waals surface area contributed by atoms with Gasteiger partial charge in [0.25, 0.3) is 0 Å². The molecule has 2 aliphatic rings. The van der Waals surface area contributed by atoms with Crippen molar-refractivity contribution in [2.45, 2.75) is 31.1 Å². The second-order valence-electron chi connectivity index (χ2n) is 5.76. The number of amides is 1. The fraction of sp³-hybridized carbons (Fsp3) is 0.533. The largest absolute Gasteiger partial charge is 0.355 e. The predicted octanol–water partition coefficient (Wildman–Crippen LogP) is 3.01. The molecule has 1 aromatic rings. The Labute approximate surface area is 116 Å². The molecular formula is C15H18BrNO. The van der Waals surface area contributed by atoms with Crippen molar-refractivity contribution in [1.29, 1.82) is 0 Å². The third kappa shape index (κ3) is 2.09. The summed E-state index contributed by atoms with van der Waals surface area (Å²) in [7, 11) is 0. The van der Waals surface area contributed by atoms with Crippen LogP contribution in [0.2, 0.25) is 0 Å². The first-order valence-corrected chi connectivity index (χ1v) is 7.73. The highest BCUT2D eigenvalue weighted by atomic mass is 79.9. The summed E-state index contributed by atoms with van der Waals surface area (Å²) in [6.45, 7) is 0.825. The molecule has 1 amide bonds. The number of carbonyl (C=O) groups is 1. The molecule has 0 aliphatic heterocycles. The van der Waals surface area contributed by atoms with Crippen molar-refractivity contribution < 1.29 is 4.79 Å². The smallest absolute Gasteiger partial charge is 0.230 e. The summed E-state index contributed by atoms with van der Waals surface area (Å²) in [5.74, 6) is 0.223. The summed E-state index contributed by atoms with van der Waals surface area (Å²) in [4.78, 5) is 12.4. The summed E-state index contributed by atoms with van der Waals surface area (Å²) >= 11 is 3.54. The maximum atomic E-state index is 12.4. The van der Waals surface area contributed by atoms with E-state index in [1.54, 1.807) is 0 Å². The Morgan fingerprint density at radius 3 is 2.33 bits per heavy atom. The van der Waals surface area contributed by atoms with Crippen LogP contribution < -0.4 is 5.32 Å². The standard InChI is InChI=1S/C15H18BrNO/c16-10-14(6-7-14)11-17-13(18)15(8-9-15)12-4-2-1-3-5-12/h1-5H,6-11H2,(H,17,18). The Bertz CT molecular complexity index is 449. The van der Waals surface area contributed by atoms with Crippen LogP contribution in [-0.4, -0.2) is 17.8 Å². The van der Waals surface area contributed by atoms with E-state index < -0.39 is 0 Å². The van der Waals surface area contributed by atoms with E-state index in [-0.39, 0.29) is 11.3 Å². The summed E-state index contributed by atoms with van der Waals surface area (Å²) in [5.41, 5.74) is 1.30. The lowest BCUT2D eigenvalue weighted by molar-refractivity contribution is -0.123. The normalized spacial score (nSPS) is 22.3. The molecule has 1 N–H and O–H groups in total. The predicted molar refractivity (Wildman–Crippen MR) is 75.8 cm³/mol. The van der Waals surface area contributed by atoms with Crippen LogP contribution in [0.3, 0.4) is 0 Å². The summed E-state index contributed by atoms with van der Waals surface area (Å²) in [6.07, 6.45) is 4.45. The molecule has 0 bridgehead atoms. The number of hydrogen-bond donors (Lipinski definition) is 1. The third-order valence-electron chi connectivity index (χ3n) is 4.38. The molecule has 0 atom stereocenters. The first kappa shape index (κ1) is 12.2. The van der Waals surface area contributed by atoms with Crippen LogP contribution in [0.4, 0.5) is 0 Å². The minimum absolute atomic E-state index is 0.219. The molecule has 1 aromatic carbocycles. The van der Waals surface area contributed by atoms with Crippen molar-refractivity contribution in [1.82, 2.24) is 5.32 Å². The number of nitrogens with one attached hydrogen (secondary N) is 1. The molecule has 18 heavy (non-hydrogen) atoms. The highest BCUT2D eigenvalue weighted by Gasteiger charge is 2.52. The number of hydrogen-bond acceptors (Lipinski definition) is 1. The van der Waals surface area contributed by atoms with E-state index in [1.165, 1.54) is 18.4 Å². The van der Waals surface area contributed by atoms with Crippen LogP contribution in [-0.2, 0) is 10.2 Å². The zero-order valence-electron chi connectivity index (χ0n) is 10.4. The second kappa shape index (κ2) is 4.37. The Kier molecular flexibility index (Phi) is 2.97. The maximum absolute atomic E-state index is 12.4. The van der Waals surface area contributed by atoms with Gasteiger partial charge in [-0.1, -0.05) is 46.3 Å². The van der Waals surface area contributed by atoms with Gasteiger partial charge in [-0.3, -0.25) is 4.79 Å². The first-order chi connectivity index (χ1) is 8.71. The molecule has 3 heteroatoms. The molecule has 3 rings (SSSR count). The lowest BCUT2D eigenvalue weighted by Crippen LogP contribution is -2.38. The van der Waals surface area contributed by atoms with Crippen molar-refractivity contribution >= 4 is 21.8 Å². The monoisotopic (exact) mass is 307 g/mol. The Balaban J connectivity index is 1.66. The Morgan fingerprint density at radius 2 is 1.83 bits per heavy atom. The fourth-order valence-electron chi connectivity index (χ4n) is 2.50. The van der Waals surface area contributed by atoms with Crippen LogP contribution in [0.15, 0.2) is 30.3 Å². The molecular weight excluding hydrogens is 290 g/mol. The zero-order valence-corrected chi connectivity index (χ0v) is 12.0. The van der Waals surface area contributed by atoms with Gasteiger partial charge in [-0.2, -0.15) is 0 Å². The van der Waals surface area contributed by atoms with Crippen molar-refractivity contribution in [3.8, 4) is 0 Å². The third-order valence-corrected chi connectivity index (χ3v) is 5.57. The Hall–Kier alpha value is -0.830. The number of halogens is 1. The number of carbonyl (C=O) groups excluding carboxylic acids is 1. The first-order valence-electron chi connectivity index (χ1n) is 6.61. The molecule has 96 valence electrons. The van der Waals surface area contributed by atoms with Crippen molar-refractivity contribution in [3.05, 3.63) is 35.9 Å². The quantitative estimate of drug-likeness (QED) is 0.833. The summed E-state index contributed by atoms with van der Waals surface area (Å²) in [5, 5.41) is 4.17. The van der Waals surface area contributed by atoms with E-state index in [0.717, 1.165) is 24.7 Å². The highest BCUT2D eigenvalue weighted by Crippen LogP contribution is 2.50. The molecule has 2 aliphatic carbocycles. The van der Waals surface area contributed by atoms with Crippen LogP contribution >= 0.6 is 15.9 Å². The molecule has 2 fully saturated rings. The van der Waals surface area contributed by atoms with Crippen LogP contribution in [0, 0.1) is 5.41 Å². The summed E-state index contributed by atoms with van der Waals surface area (Å²) < 4.78 is 0. The average Bonchev–Trinajstić information content (AvgIpc) is 3.31. The van der Waals surface area contributed by atoms with Crippen LogP contribution in [0.5, 0.6) is 0 Å². The molecule has 0 radical (unpaired) electrons. The Morgan fingerprint density at radius 1 is 1.17 bits per heavy atom. The van der Waals surface area contributed by atoms with Gasteiger partial charge in [0.2, 0.25) is 5.91 Å². The van der Waals surface area contributed by atoms with Gasteiger partial charge < -0.3 is 5.32 Å². The van der Waals surface area contributed by atoms with Gasteiger partial charge in [-0.25, -0.2) is 0 Å². The number of rotatable bonds is 5. The highest BCUT2D eigenvalue weighted by molar-refractivity contribution is 9.09. The van der Waals surface area contributed by atoms with E-state index in [0.29, 0.717) is 5.41 Å². The van der Waals surface area contributed by atoms with Gasteiger partial charge in [-0.05, 0) is 36.7 Å². The van der Waals surface area contributed by atoms with Crippen LogP contribution in [0.25, 0.3) is 0 Å². The molecule has 2 saturated carbocycles. The number of alkyl halides is 1. The average molecular weight is 308 g/mol. The van der Waals surface area contributed by atoms with Gasteiger partial charge in [0.1, 0.15) is 0 Å². The second-order valence-corrected chi connectivity index (χ2v) is 6.33. The van der Waals surface area contributed by atoms with E-state index >= 15 is 0 Å². The SMILES string of the molecule is O=C(NCC1(CBr)CC1)C1(c2ccccc2)CC1. The molecule has 0 aromatic heterocycles. The van der Waals surface area contributed by atoms with E-state index in [9.17, 15) is 4.79 Å². The van der Waals surface area contributed by atoms with E-state index in [4.69, 9.17) is 0 Å². The zero-order chi connectivity index (χ0) is 12.6. The van der Waals surface area contributed by atoms with E-state index in [1.807, 2.05) is 18.2 Å². The van der Waals surface area contributed by atoms with Crippen molar-refractivity contribution in [3.63, 3.8) is 0 Å². The van der Waals surface area contributed by atoms with Gasteiger partial charge in [0.05, 0.1) is 5.41 Å². The molecule has 0 heterocycles. The van der Waals surface area contributed by atoms with Gasteiger partial charge in [0, 0.05) is 11.9 Å². The fourth-order valence-corrected chi connectivity index (χ4v) is 3.26. The molecule has 0 spiro atoms. The van der Waals surface area contributed by atoms with Gasteiger partial charge in [0.15, 0.2) is 0 Å². The van der Waals surface area contributed by atoms with E-state index in [2.05, 4.69) is 33.4 Å². The minimum atomic E-state index is -0.219. The van der Waals surface area contributed by atoms with Gasteiger partial charge in [-0.15, -0.1) is 0 Å². The molecule has 0 unspecified atom stereocenters. The van der Waals surface area contributed by atoms with Crippen molar-refractivity contribution in [2.24, 2.45) is 5.41 Å². The topological polar surface area (TPSA) is 29.1 Å². The molecule has 0 saturated heterocycles. The number of benzene rings is 1. The van der Waals surface area contributed by atoms with Crippen LogP contribution in [0.1, 0.15) is 31.2 Å². The lowest BCUT2D eigenvalue weighted by Gasteiger charge is -2.18.